The lowest BCUT2D eigenvalue weighted by Gasteiger charge is -2.36. The van der Waals surface area contributed by atoms with Gasteiger partial charge < -0.3 is 10.2 Å². The van der Waals surface area contributed by atoms with Crippen LogP contribution in [0.4, 0.5) is 19.1 Å². The van der Waals surface area contributed by atoms with Crippen LogP contribution in [-0.4, -0.2) is 35.1 Å². The zero-order valence-corrected chi connectivity index (χ0v) is 10.2. The Morgan fingerprint density at radius 2 is 1.67 bits per heavy atom. The molecule has 1 aliphatic rings. The second kappa shape index (κ2) is 4.72. The second-order valence-electron chi connectivity index (χ2n) is 4.64. The summed E-state index contributed by atoms with van der Waals surface area (Å²) in [6.07, 6.45) is -2.72. The minimum absolute atomic E-state index is 0.264. The highest BCUT2D eigenvalue weighted by molar-refractivity contribution is 5.32. The summed E-state index contributed by atoms with van der Waals surface area (Å²) in [6, 6.07) is 0.527. The Hall–Kier alpha value is -1.37. The van der Waals surface area contributed by atoms with Gasteiger partial charge in [-0.2, -0.15) is 13.2 Å². The van der Waals surface area contributed by atoms with Crippen molar-refractivity contribution in [3.05, 3.63) is 18.0 Å². The molecule has 2 rings (SSSR count). The molecule has 0 radical (unpaired) electrons. The number of aromatic nitrogens is 2. The molecule has 0 unspecified atom stereocenters. The van der Waals surface area contributed by atoms with E-state index in [0.717, 1.165) is 12.4 Å². The van der Waals surface area contributed by atoms with Crippen molar-refractivity contribution in [2.45, 2.75) is 32.1 Å². The van der Waals surface area contributed by atoms with Gasteiger partial charge in [0.15, 0.2) is 0 Å². The molecule has 4 nitrogen and oxygen atoms in total. The summed E-state index contributed by atoms with van der Waals surface area (Å²) in [5, 5.41) is 3.34. The lowest BCUT2D eigenvalue weighted by Crippen LogP contribution is -2.54. The fraction of sp³-hybridized carbons (Fsp3) is 0.636. The third kappa shape index (κ3) is 2.90. The molecule has 0 amide bonds. The van der Waals surface area contributed by atoms with Crippen LogP contribution in [0, 0.1) is 0 Å². The highest BCUT2D eigenvalue weighted by Crippen LogP contribution is 2.28. The topological polar surface area (TPSA) is 41.1 Å². The summed E-state index contributed by atoms with van der Waals surface area (Å²) in [7, 11) is 0. The first-order valence-corrected chi connectivity index (χ1v) is 5.76. The van der Waals surface area contributed by atoms with Gasteiger partial charge >= 0.3 is 6.18 Å². The van der Waals surface area contributed by atoms with Crippen LogP contribution < -0.4 is 10.2 Å². The van der Waals surface area contributed by atoms with E-state index in [1.54, 1.807) is 0 Å². The van der Waals surface area contributed by atoms with Crippen molar-refractivity contribution < 1.29 is 13.2 Å². The summed E-state index contributed by atoms with van der Waals surface area (Å²) in [5.74, 6) is 0.350. The Bertz CT molecular complexity index is 394. The Morgan fingerprint density at radius 1 is 1.17 bits per heavy atom. The third-order valence-electron chi connectivity index (χ3n) is 2.81. The minimum atomic E-state index is -4.39. The number of halogens is 3. The molecule has 2 atom stereocenters. The van der Waals surface area contributed by atoms with E-state index in [1.165, 1.54) is 0 Å². The molecule has 0 aliphatic carbocycles. The Balaban J connectivity index is 2.14. The number of nitrogens with zero attached hydrogens (tertiary/aromatic N) is 3. The minimum Gasteiger partial charge on any atom is -0.338 e. The van der Waals surface area contributed by atoms with E-state index in [1.807, 2.05) is 18.7 Å². The van der Waals surface area contributed by atoms with Gasteiger partial charge in [-0.15, -0.1) is 0 Å². The largest absolute Gasteiger partial charge is 0.419 e. The molecule has 0 saturated carbocycles. The average Bonchev–Trinajstić information content (AvgIpc) is 2.27. The Kier molecular flexibility index (Phi) is 3.43. The molecule has 18 heavy (non-hydrogen) atoms. The lowest BCUT2D eigenvalue weighted by molar-refractivity contribution is -0.138. The Morgan fingerprint density at radius 3 is 2.11 bits per heavy atom. The van der Waals surface area contributed by atoms with Gasteiger partial charge in [0.05, 0.1) is 5.56 Å². The summed E-state index contributed by atoms with van der Waals surface area (Å²) in [5.41, 5.74) is -0.817. The number of hydrogen-bond donors (Lipinski definition) is 1. The molecule has 1 saturated heterocycles. The van der Waals surface area contributed by atoms with Gasteiger partial charge in [0, 0.05) is 37.6 Å². The second-order valence-corrected chi connectivity index (χ2v) is 4.64. The van der Waals surface area contributed by atoms with Crippen molar-refractivity contribution in [3.8, 4) is 0 Å². The molecule has 0 spiro atoms. The highest BCUT2D eigenvalue weighted by atomic mass is 19.4. The fourth-order valence-corrected chi connectivity index (χ4v) is 2.12. The van der Waals surface area contributed by atoms with Crippen LogP contribution in [-0.2, 0) is 6.18 Å². The summed E-state index contributed by atoms with van der Waals surface area (Å²) >= 11 is 0. The van der Waals surface area contributed by atoms with Gasteiger partial charge in [-0.3, -0.25) is 0 Å². The quantitative estimate of drug-likeness (QED) is 0.834. The van der Waals surface area contributed by atoms with E-state index >= 15 is 0 Å². The number of nitrogens with one attached hydrogen (secondary N) is 1. The fourth-order valence-electron chi connectivity index (χ4n) is 2.12. The zero-order chi connectivity index (χ0) is 13.3. The van der Waals surface area contributed by atoms with E-state index in [0.29, 0.717) is 19.0 Å². The average molecular weight is 260 g/mol. The number of alkyl halides is 3. The maximum Gasteiger partial charge on any atom is 0.419 e. The molecule has 0 bridgehead atoms. The van der Waals surface area contributed by atoms with Gasteiger partial charge in [0.2, 0.25) is 5.95 Å². The number of piperazine rings is 1. The first-order chi connectivity index (χ1) is 8.36. The standard InChI is InChI=1S/C11H15F3N4/c1-7-5-18(6-8(2)17-7)10-15-3-9(4-16-10)11(12,13)14/h3-4,7-8,17H,5-6H2,1-2H3/t7-,8-/m1/s1. The van der Waals surface area contributed by atoms with Crippen LogP contribution in [0.5, 0.6) is 0 Å². The monoisotopic (exact) mass is 260 g/mol. The van der Waals surface area contributed by atoms with Crippen LogP contribution in [0.3, 0.4) is 0 Å². The van der Waals surface area contributed by atoms with Crippen molar-refractivity contribution in [2.24, 2.45) is 0 Å². The van der Waals surface area contributed by atoms with Gasteiger partial charge in [-0.1, -0.05) is 0 Å². The van der Waals surface area contributed by atoms with E-state index in [-0.39, 0.29) is 12.1 Å². The predicted molar refractivity (Wildman–Crippen MR) is 61.3 cm³/mol. The first-order valence-electron chi connectivity index (χ1n) is 5.76. The van der Waals surface area contributed by atoms with Crippen molar-refractivity contribution >= 4 is 5.95 Å². The molecule has 1 aromatic rings. The van der Waals surface area contributed by atoms with Gasteiger partial charge in [0.25, 0.3) is 0 Å². The van der Waals surface area contributed by atoms with Crippen molar-refractivity contribution in [3.63, 3.8) is 0 Å². The molecular weight excluding hydrogens is 245 g/mol. The maximum atomic E-state index is 12.4. The smallest absolute Gasteiger partial charge is 0.338 e. The van der Waals surface area contributed by atoms with Crippen LogP contribution in [0.15, 0.2) is 12.4 Å². The summed E-state index contributed by atoms with van der Waals surface area (Å²) in [4.78, 5) is 9.50. The molecule has 0 aromatic carbocycles. The maximum absolute atomic E-state index is 12.4. The molecule has 1 aromatic heterocycles. The van der Waals surface area contributed by atoms with Crippen molar-refractivity contribution in [1.29, 1.82) is 0 Å². The number of anilines is 1. The summed E-state index contributed by atoms with van der Waals surface area (Å²) in [6.45, 7) is 5.42. The van der Waals surface area contributed by atoms with Crippen LogP contribution in [0.25, 0.3) is 0 Å². The number of hydrogen-bond acceptors (Lipinski definition) is 4. The first kappa shape index (κ1) is 13.1. The zero-order valence-electron chi connectivity index (χ0n) is 10.2. The predicted octanol–water partition coefficient (Wildman–Crippen LogP) is 1.68. The van der Waals surface area contributed by atoms with Gasteiger partial charge in [0.1, 0.15) is 0 Å². The van der Waals surface area contributed by atoms with Crippen LogP contribution in [0.1, 0.15) is 19.4 Å². The molecular formula is C11H15F3N4. The molecule has 1 aliphatic heterocycles. The van der Waals surface area contributed by atoms with E-state index in [2.05, 4.69) is 15.3 Å². The molecule has 2 heterocycles. The normalized spacial score (nSPS) is 25.3. The molecule has 1 fully saturated rings. The van der Waals surface area contributed by atoms with Crippen molar-refractivity contribution in [1.82, 2.24) is 15.3 Å². The van der Waals surface area contributed by atoms with Crippen LogP contribution >= 0.6 is 0 Å². The molecule has 7 heteroatoms. The van der Waals surface area contributed by atoms with Gasteiger partial charge in [-0.25, -0.2) is 9.97 Å². The summed E-state index contributed by atoms with van der Waals surface area (Å²) < 4.78 is 37.1. The van der Waals surface area contributed by atoms with E-state index in [4.69, 9.17) is 0 Å². The Labute approximate surface area is 103 Å². The highest BCUT2D eigenvalue weighted by Gasteiger charge is 2.32. The van der Waals surface area contributed by atoms with Crippen LogP contribution in [0.2, 0.25) is 0 Å². The van der Waals surface area contributed by atoms with Crippen molar-refractivity contribution in [2.75, 3.05) is 18.0 Å². The van der Waals surface area contributed by atoms with E-state index < -0.39 is 11.7 Å². The lowest BCUT2D eigenvalue weighted by atomic mass is 10.1. The molecule has 1 N–H and O–H groups in total. The number of rotatable bonds is 1. The third-order valence-corrected chi connectivity index (χ3v) is 2.81. The SMILES string of the molecule is C[C@@H]1CN(c2ncc(C(F)(F)F)cn2)C[C@@H](C)N1. The van der Waals surface area contributed by atoms with E-state index in [9.17, 15) is 13.2 Å². The van der Waals surface area contributed by atoms with Gasteiger partial charge in [-0.05, 0) is 13.8 Å². The molecule has 100 valence electrons.